The van der Waals surface area contributed by atoms with E-state index in [0.717, 1.165) is 0 Å². The van der Waals surface area contributed by atoms with Gasteiger partial charge in [0, 0.05) is 6.42 Å². The maximum Gasteiger partial charge on any atom is 0.243 e. The van der Waals surface area contributed by atoms with Crippen molar-refractivity contribution in [3.05, 3.63) is 0 Å². The molecule has 1 rings (SSSR count). The van der Waals surface area contributed by atoms with Gasteiger partial charge in [0.15, 0.2) is 0 Å². The number of hydrogen-bond acceptors (Lipinski definition) is 3. The van der Waals surface area contributed by atoms with Gasteiger partial charge in [-0.3, -0.25) is 14.4 Å². The second-order valence-corrected chi connectivity index (χ2v) is 4.75. The van der Waals surface area contributed by atoms with Crippen LogP contribution in [-0.2, 0) is 14.4 Å². The van der Waals surface area contributed by atoms with Crippen LogP contribution in [-0.4, -0.2) is 29.8 Å². The van der Waals surface area contributed by atoms with E-state index in [-0.39, 0.29) is 17.7 Å². The average Bonchev–Trinajstić information content (AvgIpc) is 2.63. The highest BCUT2D eigenvalue weighted by Gasteiger charge is 2.29. The lowest BCUT2D eigenvalue weighted by atomic mass is 10.0. The molecule has 2 atom stereocenters. The molecule has 1 saturated heterocycles. The zero-order chi connectivity index (χ0) is 13.0. The van der Waals surface area contributed by atoms with Crippen molar-refractivity contribution < 1.29 is 14.4 Å². The van der Waals surface area contributed by atoms with E-state index < -0.39 is 18.0 Å². The molecule has 0 radical (unpaired) electrons. The zero-order valence-corrected chi connectivity index (χ0v) is 10.2. The molecule has 0 aliphatic carbocycles. The van der Waals surface area contributed by atoms with Gasteiger partial charge in [0.2, 0.25) is 17.7 Å². The first-order valence-electron chi connectivity index (χ1n) is 5.79. The van der Waals surface area contributed by atoms with Crippen LogP contribution in [0.2, 0.25) is 0 Å². The first-order chi connectivity index (χ1) is 7.90. The standard InChI is InChI=1S/C11H19N3O3/c1-6(2)5-8(10(12)16)14-11(17)7-3-4-9(15)13-7/h6-8H,3-5H2,1-2H3,(H2,12,16)(H,13,15)(H,14,17)/t7-,8+/m0/s1. The maximum atomic E-state index is 11.8. The minimum atomic E-state index is -0.667. The molecule has 0 spiro atoms. The van der Waals surface area contributed by atoms with E-state index >= 15 is 0 Å². The SMILES string of the molecule is CC(C)C[C@@H](NC(=O)[C@@H]1CCC(=O)N1)C(N)=O. The third-order valence-corrected chi connectivity index (χ3v) is 2.68. The smallest absolute Gasteiger partial charge is 0.243 e. The third-order valence-electron chi connectivity index (χ3n) is 2.68. The number of nitrogens with two attached hydrogens (primary N) is 1. The van der Waals surface area contributed by atoms with Crippen LogP contribution in [0.4, 0.5) is 0 Å². The van der Waals surface area contributed by atoms with Crippen LogP contribution in [0.25, 0.3) is 0 Å². The van der Waals surface area contributed by atoms with Gasteiger partial charge in [-0.1, -0.05) is 13.8 Å². The summed E-state index contributed by atoms with van der Waals surface area (Å²) in [7, 11) is 0. The van der Waals surface area contributed by atoms with Gasteiger partial charge in [-0.25, -0.2) is 0 Å². The van der Waals surface area contributed by atoms with E-state index in [1.165, 1.54) is 0 Å². The normalized spacial score (nSPS) is 21.1. The summed E-state index contributed by atoms with van der Waals surface area (Å²) >= 11 is 0. The molecule has 1 aliphatic rings. The number of nitrogens with one attached hydrogen (secondary N) is 2. The van der Waals surface area contributed by atoms with Gasteiger partial charge in [-0.05, 0) is 18.8 Å². The van der Waals surface area contributed by atoms with Gasteiger partial charge in [-0.15, -0.1) is 0 Å². The van der Waals surface area contributed by atoms with Crippen LogP contribution >= 0.6 is 0 Å². The Kier molecular flexibility index (Phi) is 4.48. The summed E-state index contributed by atoms with van der Waals surface area (Å²) < 4.78 is 0. The van der Waals surface area contributed by atoms with Gasteiger partial charge >= 0.3 is 0 Å². The highest BCUT2D eigenvalue weighted by atomic mass is 16.2. The molecule has 0 saturated carbocycles. The predicted molar refractivity (Wildman–Crippen MR) is 61.7 cm³/mol. The van der Waals surface area contributed by atoms with Crippen molar-refractivity contribution in [3.63, 3.8) is 0 Å². The Balaban J connectivity index is 2.52. The van der Waals surface area contributed by atoms with Gasteiger partial charge in [0.25, 0.3) is 0 Å². The van der Waals surface area contributed by atoms with E-state index in [1.54, 1.807) is 0 Å². The molecule has 96 valence electrons. The fourth-order valence-electron chi connectivity index (χ4n) is 1.80. The van der Waals surface area contributed by atoms with Gasteiger partial charge in [0.05, 0.1) is 0 Å². The van der Waals surface area contributed by atoms with E-state index in [1.807, 2.05) is 13.8 Å². The van der Waals surface area contributed by atoms with Crippen LogP contribution in [0.3, 0.4) is 0 Å². The molecule has 17 heavy (non-hydrogen) atoms. The molecule has 1 fully saturated rings. The molecule has 0 aromatic carbocycles. The molecule has 6 nitrogen and oxygen atoms in total. The molecule has 1 aliphatic heterocycles. The van der Waals surface area contributed by atoms with Crippen LogP contribution < -0.4 is 16.4 Å². The summed E-state index contributed by atoms with van der Waals surface area (Å²) in [5, 5.41) is 5.13. The lowest BCUT2D eigenvalue weighted by molar-refractivity contribution is -0.129. The van der Waals surface area contributed by atoms with Gasteiger partial charge < -0.3 is 16.4 Å². The molecule has 0 aromatic rings. The van der Waals surface area contributed by atoms with Crippen LogP contribution in [0.15, 0.2) is 0 Å². The lowest BCUT2D eigenvalue weighted by Crippen LogP contribution is -2.51. The first-order valence-corrected chi connectivity index (χ1v) is 5.79. The van der Waals surface area contributed by atoms with E-state index in [9.17, 15) is 14.4 Å². The molecule has 0 bridgehead atoms. The first kappa shape index (κ1) is 13.5. The van der Waals surface area contributed by atoms with E-state index in [4.69, 9.17) is 5.73 Å². The monoisotopic (exact) mass is 241 g/mol. The number of amides is 3. The summed E-state index contributed by atoms with van der Waals surface area (Å²) in [5.74, 6) is -0.757. The Bertz CT molecular complexity index is 328. The van der Waals surface area contributed by atoms with Crippen molar-refractivity contribution in [1.82, 2.24) is 10.6 Å². The van der Waals surface area contributed by atoms with Crippen molar-refractivity contribution in [3.8, 4) is 0 Å². The van der Waals surface area contributed by atoms with Crippen LogP contribution in [0, 0.1) is 5.92 Å². The van der Waals surface area contributed by atoms with Gasteiger partial charge in [0.1, 0.15) is 12.1 Å². The number of rotatable bonds is 5. The number of hydrogen-bond donors (Lipinski definition) is 3. The molecular formula is C11H19N3O3. The molecule has 4 N–H and O–H groups in total. The summed E-state index contributed by atoms with van der Waals surface area (Å²) in [6.07, 6.45) is 1.32. The minimum absolute atomic E-state index is 0.135. The number of carbonyl (C=O) groups excluding carboxylic acids is 3. The predicted octanol–water partition coefficient (Wildman–Crippen LogP) is -0.719. The molecule has 0 unspecified atom stereocenters. The fraction of sp³-hybridized carbons (Fsp3) is 0.727. The average molecular weight is 241 g/mol. The van der Waals surface area contributed by atoms with E-state index in [0.29, 0.717) is 19.3 Å². The molecular weight excluding hydrogens is 222 g/mol. The zero-order valence-electron chi connectivity index (χ0n) is 10.2. The lowest BCUT2D eigenvalue weighted by Gasteiger charge is -2.19. The summed E-state index contributed by atoms with van der Waals surface area (Å²) in [4.78, 5) is 33.9. The third kappa shape index (κ3) is 4.05. The van der Waals surface area contributed by atoms with Gasteiger partial charge in [-0.2, -0.15) is 0 Å². The summed E-state index contributed by atoms with van der Waals surface area (Å²) in [6.45, 7) is 3.89. The number of carbonyl (C=O) groups is 3. The summed E-state index contributed by atoms with van der Waals surface area (Å²) in [5.41, 5.74) is 5.22. The molecule has 0 aromatic heterocycles. The van der Waals surface area contributed by atoms with Crippen molar-refractivity contribution in [1.29, 1.82) is 0 Å². The maximum absolute atomic E-state index is 11.8. The van der Waals surface area contributed by atoms with Crippen molar-refractivity contribution in [2.75, 3.05) is 0 Å². The molecule has 3 amide bonds. The second kappa shape index (κ2) is 5.65. The highest BCUT2D eigenvalue weighted by Crippen LogP contribution is 2.09. The Morgan fingerprint density at radius 3 is 2.59 bits per heavy atom. The number of primary amides is 1. The largest absolute Gasteiger partial charge is 0.368 e. The van der Waals surface area contributed by atoms with Crippen LogP contribution in [0.5, 0.6) is 0 Å². The van der Waals surface area contributed by atoms with Crippen molar-refractivity contribution in [2.45, 2.75) is 45.2 Å². The topological polar surface area (TPSA) is 101 Å². The van der Waals surface area contributed by atoms with E-state index in [2.05, 4.69) is 10.6 Å². The molecule has 6 heteroatoms. The Labute approximate surface area is 100 Å². The Hall–Kier alpha value is -1.59. The molecule has 1 heterocycles. The second-order valence-electron chi connectivity index (χ2n) is 4.75. The summed E-state index contributed by atoms with van der Waals surface area (Å²) in [6, 6.07) is -1.20. The highest BCUT2D eigenvalue weighted by molar-refractivity contribution is 5.93. The quantitative estimate of drug-likeness (QED) is 0.592. The van der Waals surface area contributed by atoms with Crippen molar-refractivity contribution >= 4 is 17.7 Å². The van der Waals surface area contributed by atoms with Crippen LogP contribution in [0.1, 0.15) is 33.1 Å². The Morgan fingerprint density at radius 1 is 1.53 bits per heavy atom. The van der Waals surface area contributed by atoms with Crippen molar-refractivity contribution in [2.24, 2.45) is 11.7 Å². The minimum Gasteiger partial charge on any atom is -0.368 e. The fourth-order valence-corrected chi connectivity index (χ4v) is 1.80. The Morgan fingerprint density at radius 2 is 2.18 bits per heavy atom.